The molecule has 2 aliphatic rings. The summed E-state index contributed by atoms with van der Waals surface area (Å²) in [4.78, 5) is 18.7. The van der Waals surface area contributed by atoms with Crippen molar-refractivity contribution in [2.45, 2.75) is 103 Å². The lowest BCUT2D eigenvalue weighted by molar-refractivity contribution is 0.109. The topological polar surface area (TPSA) is 79.7 Å². The van der Waals surface area contributed by atoms with Crippen LogP contribution >= 0.6 is 0 Å². The maximum Gasteiger partial charge on any atom is 0.252 e. The van der Waals surface area contributed by atoms with E-state index >= 15 is 0 Å². The average Bonchev–Trinajstić information content (AvgIpc) is 3.53. The van der Waals surface area contributed by atoms with Crippen molar-refractivity contribution in [1.29, 1.82) is 0 Å². The van der Waals surface area contributed by atoms with Crippen molar-refractivity contribution >= 4 is 10.9 Å². The number of tetrazole rings is 1. The van der Waals surface area contributed by atoms with Crippen molar-refractivity contribution in [3.05, 3.63) is 51.6 Å². The maximum absolute atomic E-state index is 13.1. The van der Waals surface area contributed by atoms with Crippen molar-refractivity contribution in [3.63, 3.8) is 0 Å². The van der Waals surface area contributed by atoms with Crippen LogP contribution in [0.15, 0.2) is 29.1 Å². The lowest BCUT2D eigenvalue weighted by Crippen LogP contribution is -2.39. The molecule has 176 valence electrons. The largest absolute Gasteiger partial charge is 0.322 e. The zero-order valence-corrected chi connectivity index (χ0v) is 20.0. The lowest BCUT2D eigenvalue weighted by Gasteiger charge is -2.36. The Labute approximate surface area is 195 Å². The van der Waals surface area contributed by atoms with E-state index < -0.39 is 0 Å². The van der Waals surface area contributed by atoms with Crippen LogP contribution in [0.4, 0.5) is 0 Å². The van der Waals surface area contributed by atoms with Gasteiger partial charge in [0.15, 0.2) is 5.82 Å². The first-order valence-corrected chi connectivity index (χ1v) is 12.8. The van der Waals surface area contributed by atoms with Gasteiger partial charge in [0.25, 0.3) is 5.56 Å². The summed E-state index contributed by atoms with van der Waals surface area (Å²) in [6.07, 6.45) is 11.9. The minimum atomic E-state index is 0.0103. The number of aryl methyl sites for hydroxylation is 1. The number of aromatic amines is 1. The third-order valence-corrected chi connectivity index (χ3v) is 7.75. The lowest BCUT2D eigenvalue weighted by atomic mass is 9.95. The molecule has 0 amide bonds. The number of H-pyrrole nitrogens is 1. The van der Waals surface area contributed by atoms with E-state index in [1.165, 1.54) is 50.5 Å². The van der Waals surface area contributed by atoms with Gasteiger partial charge in [0.05, 0.1) is 12.1 Å². The van der Waals surface area contributed by atoms with Crippen molar-refractivity contribution in [1.82, 2.24) is 30.1 Å². The van der Waals surface area contributed by atoms with E-state index in [0.717, 1.165) is 41.6 Å². The molecule has 1 N–H and O–H groups in total. The first-order chi connectivity index (χ1) is 16.1. The van der Waals surface area contributed by atoms with E-state index in [1.807, 2.05) is 12.1 Å². The van der Waals surface area contributed by atoms with Crippen molar-refractivity contribution in [2.24, 2.45) is 0 Å². The van der Waals surface area contributed by atoms with Gasteiger partial charge in [0, 0.05) is 23.7 Å². The van der Waals surface area contributed by atoms with Crippen LogP contribution in [-0.4, -0.2) is 36.1 Å². The van der Waals surface area contributed by atoms with Gasteiger partial charge in [0.2, 0.25) is 0 Å². The van der Waals surface area contributed by atoms with E-state index in [-0.39, 0.29) is 11.6 Å². The Bertz CT molecular complexity index is 1140. The fraction of sp³-hybridized carbons (Fsp3) is 0.615. The molecule has 2 saturated carbocycles. The Morgan fingerprint density at radius 2 is 1.85 bits per heavy atom. The molecule has 2 heterocycles. The molecule has 2 fully saturated rings. The average molecular weight is 449 g/mol. The van der Waals surface area contributed by atoms with Gasteiger partial charge < -0.3 is 4.98 Å². The fourth-order valence-electron chi connectivity index (χ4n) is 5.99. The first kappa shape index (κ1) is 22.3. The second-order valence-corrected chi connectivity index (χ2v) is 10.0. The number of rotatable bonds is 7. The van der Waals surface area contributed by atoms with Crippen LogP contribution in [0.1, 0.15) is 100 Å². The molecule has 7 nitrogen and oxygen atoms in total. The number of hydrogen-bond acceptors (Lipinski definition) is 5. The highest BCUT2D eigenvalue weighted by atomic mass is 16.1. The van der Waals surface area contributed by atoms with Crippen LogP contribution in [0.25, 0.3) is 10.9 Å². The number of hydrogen-bond donors (Lipinski definition) is 1. The molecule has 1 aromatic carbocycles. The van der Waals surface area contributed by atoms with Gasteiger partial charge in [-0.1, -0.05) is 50.7 Å². The Balaban J connectivity index is 1.51. The Hall–Kier alpha value is -2.54. The molecule has 3 aromatic rings. The van der Waals surface area contributed by atoms with E-state index in [2.05, 4.69) is 56.1 Å². The second kappa shape index (κ2) is 9.75. The van der Waals surface area contributed by atoms with Crippen LogP contribution in [-0.2, 0) is 6.54 Å². The number of aromatic nitrogens is 5. The zero-order chi connectivity index (χ0) is 22.8. The summed E-state index contributed by atoms with van der Waals surface area (Å²) in [7, 11) is 0. The maximum atomic E-state index is 13.1. The van der Waals surface area contributed by atoms with Gasteiger partial charge in [-0.25, -0.2) is 4.68 Å². The van der Waals surface area contributed by atoms with Crippen molar-refractivity contribution < 1.29 is 0 Å². The molecule has 0 spiro atoms. The highest BCUT2D eigenvalue weighted by Crippen LogP contribution is 2.36. The summed E-state index contributed by atoms with van der Waals surface area (Å²) in [5, 5.41) is 14.2. The highest BCUT2D eigenvalue weighted by Gasteiger charge is 2.34. The number of pyridine rings is 1. The second-order valence-electron chi connectivity index (χ2n) is 10.0. The SMILES string of the molecule is CC[C@@H](c1nnnn1C1CCCCC1)N(Cc1cc2cc(C)ccc2[nH]c1=O)C1CCCC1. The minimum Gasteiger partial charge on any atom is -0.322 e. The predicted octanol–water partition coefficient (Wildman–Crippen LogP) is 5.22. The van der Waals surface area contributed by atoms with Crippen LogP contribution in [0.3, 0.4) is 0 Å². The van der Waals surface area contributed by atoms with Crippen molar-refractivity contribution in [2.75, 3.05) is 0 Å². The van der Waals surface area contributed by atoms with E-state index in [1.54, 1.807) is 0 Å². The van der Waals surface area contributed by atoms with Gasteiger partial charge in [-0.15, -0.1) is 5.10 Å². The van der Waals surface area contributed by atoms with Crippen LogP contribution in [0.2, 0.25) is 0 Å². The van der Waals surface area contributed by atoms with Gasteiger partial charge in [-0.2, -0.15) is 0 Å². The van der Waals surface area contributed by atoms with E-state index in [4.69, 9.17) is 0 Å². The molecule has 0 radical (unpaired) electrons. The Morgan fingerprint density at radius 3 is 2.61 bits per heavy atom. The molecule has 2 aliphatic carbocycles. The molecule has 33 heavy (non-hydrogen) atoms. The highest BCUT2D eigenvalue weighted by molar-refractivity contribution is 5.79. The summed E-state index contributed by atoms with van der Waals surface area (Å²) in [5.74, 6) is 0.976. The van der Waals surface area contributed by atoms with Crippen LogP contribution in [0, 0.1) is 6.92 Å². The summed E-state index contributed by atoms with van der Waals surface area (Å²) < 4.78 is 2.11. The smallest absolute Gasteiger partial charge is 0.252 e. The quantitative estimate of drug-likeness (QED) is 0.536. The first-order valence-electron chi connectivity index (χ1n) is 12.8. The number of fused-ring (bicyclic) bond motifs is 1. The Kier molecular flexibility index (Phi) is 6.58. The predicted molar refractivity (Wildman–Crippen MR) is 130 cm³/mol. The summed E-state index contributed by atoms with van der Waals surface area (Å²) in [6, 6.07) is 9.24. The van der Waals surface area contributed by atoms with E-state index in [0.29, 0.717) is 18.6 Å². The number of nitrogens with zero attached hydrogens (tertiary/aromatic N) is 5. The monoisotopic (exact) mass is 448 g/mol. The molecule has 5 rings (SSSR count). The molecule has 0 unspecified atom stereocenters. The van der Waals surface area contributed by atoms with E-state index in [9.17, 15) is 4.79 Å². The summed E-state index contributed by atoms with van der Waals surface area (Å²) >= 11 is 0. The molecule has 1 atom stereocenters. The molecular formula is C26H36N6O. The minimum absolute atomic E-state index is 0.0103. The standard InChI is InChI=1S/C26H36N6O/c1-3-24(25-28-29-30-32(25)22-11-5-4-6-12-22)31(21-9-7-8-10-21)17-20-16-19-15-18(2)13-14-23(19)27-26(20)33/h13-16,21-22,24H,3-12,17H2,1-2H3,(H,27,33)/t24-/m0/s1. The van der Waals surface area contributed by atoms with Gasteiger partial charge >= 0.3 is 0 Å². The molecule has 0 bridgehead atoms. The Morgan fingerprint density at radius 1 is 1.09 bits per heavy atom. The third kappa shape index (κ3) is 4.60. The third-order valence-electron chi connectivity index (χ3n) is 7.75. The van der Waals surface area contributed by atoms with Crippen LogP contribution in [0.5, 0.6) is 0 Å². The number of benzene rings is 1. The molecule has 0 saturated heterocycles. The van der Waals surface area contributed by atoms with Crippen LogP contribution < -0.4 is 5.56 Å². The van der Waals surface area contributed by atoms with Crippen molar-refractivity contribution in [3.8, 4) is 0 Å². The molecule has 2 aromatic heterocycles. The van der Waals surface area contributed by atoms with Gasteiger partial charge in [-0.05, 0) is 73.0 Å². The molecular weight excluding hydrogens is 412 g/mol. The van der Waals surface area contributed by atoms with Gasteiger partial charge in [0.1, 0.15) is 0 Å². The fourth-order valence-corrected chi connectivity index (χ4v) is 5.99. The molecule has 0 aliphatic heterocycles. The normalized spacial score (nSPS) is 19.0. The molecule has 7 heteroatoms. The number of nitrogens with one attached hydrogen (secondary N) is 1. The zero-order valence-electron chi connectivity index (χ0n) is 20.0. The summed E-state index contributed by atoms with van der Waals surface area (Å²) in [6.45, 7) is 4.94. The van der Waals surface area contributed by atoms with Gasteiger partial charge in [-0.3, -0.25) is 9.69 Å². The summed E-state index contributed by atoms with van der Waals surface area (Å²) in [5.41, 5.74) is 2.94.